The van der Waals surface area contributed by atoms with E-state index in [-0.39, 0.29) is 23.9 Å². The number of carbonyl (C=O) groups excluding carboxylic acids is 2. The predicted molar refractivity (Wildman–Crippen MR) is 79.4 cm³/mol. The van der Waals surface area contributed by atoms with Crippen LogP contribution in [0.25, 0.3) is 0 Å². The fourth-order valence-corrected chi connectivity index (χ4v) is 5.01. The maximum absolute atomic E-state index is 12.7. The molecule has 1 N–H and O–H groups in total. The normalized spacial score (nSPS) is 42.5. The second kappa shape index (κ2) is 4.99. The molecule has 1 heterocycles. The average molecular weight is 290 g/mol. The Morgan fingerprint density at radius 2 is 1.86 bits per heavy atom. The van der Waals surface area contributed by atoms with E-state index >= 15 is 0 Å². The first kappa shape index (κ1) is 13.6. The van der Waals surface area contributed by atoms with Gasteiger partial charge in [0.15, 0.2) is 0 Å². The largest absolute Gasteiger partial charge is 0.343 e. The van der Waals surface area contributed by atoms with Crippen molar-refractivity contribution in [1.29, 1.82) is 0 Å². The Kier molecular flexibility index (Phi) is 3.23. The van der Waals surface area contributed by atoms with Crippen molar-refractivity contribution in [3.8, 4) is 0 Å². The van der Waals surface area contributed by atoms with Crippen LogP contribution in [0.5, 0.6) is 0 Å². The van der Waals surface area contributed by atoms with Gasteiger partial charge in [0.2, 0.25) is 11.8 Å². The number of nitrogens with zero attached hydrogens (tertiary/aromatic N) is 1. The zero-order valence-electron chi connectivity index (χ0n) is 12.9. The summed E-state index contributed by atoms with van der Waals surface area (Å²) in [6.07, 6.45) is 8.29. The molecule has 0 aromatic heterocycles. The molecule has 4 heteroatoms. The van der Waals surface area contributed by atoms with E-state index in [1.807, 2.05) is 11.8 Å². The third-order valence-electron chi connectivity index (χ3n) is 6.29. The van der Waals surface area contributed by atoms with E-state index in [0.29, 0.717) is 18.3 Å². The zero-order valence-corrected chi connectivity index (χ0v) is 12.9. The van der Waals surface area contributed by atoms with Gasteiger partial charge in [-0.2, -0.15) is 0 Å². The molecule has 0 aromatic carbocycles. The van der Waals surface area contributed by atoms with Crippen LogP contribution in [-0.2, 0) is 9.59 Å². The van der Waals surface area contributed by atoms with Crippen molar-refractivity contribution in [1.82, 2.24) is 10.2 Å². The molecule has 3 aliphatic carbocycles. The van der Waals surface area contributed by atoms with Crippen LogP contribution in [0, 0.1) is 23.7 Å². The molecule has 5 atom stereocenters. The summed E-state index contributed by atoms with van der Waals surface area (Å²) >= 11 is 0. The number of carbonyl (C=O) groups is 2. The van der Waals surface area contributed by atoms with Gasteiger partial charge in [0, 0.05) is 6.54 Å². The summed E-state index contributed by atoms with van der Waals surface area (Å²) in [7, 11) is 0. The summed E-state index contributed by atoms with van der Waals surface area (Å²) in [5.74, 6) is 3.06. The van der Waals surface area contributed by atoms with Crippen LogP contribution in [-0.4, -0.2) is 35.3 Å². The maximum atomic E-state index is 12.7. The Morgan fingerprint density at radius 3 is 2.43 bits per heavy atom. The van der Waals surface area contributed by atoms with E-state index in [0.717, 1.165) is 31.2 Å². The number of hydrogen-bond acceptors (Lipinski definition) is 2. The van der Waals surface area contributed by atoms with Gasteiger partial charge in [-0.25, -0.2) is 0 Å². The van der Waals surface area contributed by atoms with E-state index in [2.05, 4.69) is 5.32 Å². The molecule has 0 spiro atoms. The lowest BCUT2D eigenvalue weighted by Gasteiger charge is -2.41. The highest BCUT2D eigenvalue weighted by Gasteiger charge is 2.49. The SMILES string of the molecule is CCC1NC(=O)C(C2CC2)N(CC2CC3CCC2C3)C1=O. The first-order chi connectivity index (χ1) is 10.2. The van der Waals surface area contributed by atoms with Gasteiger partial charge in [0.05, 0.1) is 0 Å². The second-order valence-corrected chi connectivity index (χ2v) is 7.68. The number of nitrogens with one attached hydrogen (secondary N) is 1. The van der Waals surface area contributed by atoms with Crippen LogP contribution in [0.1, 0.15) is 51.9 Å². The summed E-state index contributed by atoms with van der Waals surface area (Å²) in [6.45, 7) is 2.82. The fraction of sp³-hybridized carbons (Fsp3) is 0.882. The van der Waals surface area contributed by atoms with Gasteiger partial charge in [0.25, 0.3) is 0 Å². The van der Waals surface area contributed by atoms with Crippen LogP contribution in [0.4, 0.5) is 0 Å². The lowest BCUT2D eigenvalue weighted by Crippen LogP contribution is -2.64. The van der Waals surface area contributed by atoms with Crippen molar-refractivity contribution < 1.29 is 9.59 Å². The summed E-state index contributed by atoms with van der Waals surface area (Å²) in [5, 5.41) is 2.95. The van der Waals surface area contributed by atoms with E-state index in [1.165, 1.54) is 25.7 Å². The quantitative estimate of drug-likeness (QED) is 0.860. The van der Waals surface area contributed by atoms with E-state index in [9.17, 15) is 9.59 Å². The van der Waals surface area contributed by atoms with Crippen LogP contribution < -0.4 is 5.32 Å². The Balaban J connectivity index is 1.53. The zero-order chi connectivity index (χ0) is 14.6. The minimum atomic E-state index is -0.286. The molecule has 1 saturated heterocycles. The highest BCUT2D eigenvalue weighted by atomic mass is 16.2. The van der Waals surface area contributed by atoms with Gasteiger partial charge in [-0.1, -0.05) is 13.3 Å². The van der Waals surface area contributed by atoms with E-state index < -0.39 is 0 Å². The Bertz CT molecular complexity index is 460. The fourth-order valence-electron chi connectivity index (χ4n) is 5.01. The molecular weight excluding hydrogens is 264 g/mol. The van der Waals surface area contributed by atoms with Crippen molar-refractivity contribution in [2.24, 2.45) is 23.7 Å². The number of piperazine rings is 1. The van der Waals surface area contributed by atoms with Crippen LogP contribution in [0.15, 0.2) is 0 Å². The Labute approximate surface area is 126 Å². The van der Waals surface area contributed by atoms with E-state index in [1.54, 1.807) is 0 Å². The molecular formula is C17H26N2O2. The number of fused-ring (bicyclic) bond motifs is 2. The summed E-state index contributed by atoms with van der Waals surface area (Å²) in [5.41, 5.74) is 0. The molecule has 4 aliphatic rings. The average Bonchev–Trinajstić information content (AvgIpc) is 3.09. The molecule has 4 nitrogen and oxygen atoms in total. The molecule has 2 bridgehead atoms. The highest BCUT2D eigenvalue weighted by Crippen LogP contribution is 2.49. The van der Waals surface area contributed by atoms with Gasteiger partial charge in [-0.15, -0.1) is 0 Å². The number of amides is 2. The maximum Gasteiger partial charge on any atom is 0.245 e. The predicted octanol–water partition coefficient (Wildman–Crippen LogP) is 1.94. The van der Waals surface area contributed by atoms with Crippen molar-refractivity contribution in [2.75, 3.05) is 6.54 Å². The van der Waals surface area contributed by atoms with Gasteiger partial charge >= 0.3 is 0 Å². The van der Waals surface area contributed by atoms with Crippen molar-refractivity contribution in [3.05, 3.63) is 0 Å². The van der Waals surface area contributed by atoms with Crippen LogP contribution in [0.3, 0.4) is 0 Å². The molecule has 0 aromatic rings. The lowest BCUT2D eigenvalue weighted by molar-refractivity contribution is -0.151. The van der Waals surface area contributed by atoms with Crippen molar-refractivity contribution in [2.45, 2.75) is 64.0 Å². The molecule has 4 fully saturated rings. The summed E-state index contributed by atoms with van der Waals surface area (Å²) in [6, 6.07) is -0.453. The van der Waals surface area contributed by atoms with Crippen LogP contribution >= 0.6 is 0 Å². The topological polar surface area (TPSA) is 49.4 Å². The third kappa shape index (κ3) is 2.27. The molecule has 2 amide bonds. The van der Waals surface area contributed by atoms with Crippen molar-refractivity contribution in [3.63, 3.8) is 0 Å². The van der Waals surface area contributed by atoms with Gasteiger partial charge in [0.1, 0.15) is 12.1 Å². The molecule has 1 aliphatic heterocycles. The Hall–Kier alpha value is -1.06. The van der Waals surface area contributed by atoms with Gasteiger partial charge < -0.3 is 10.2 Å². The van der Waals surface area contributed by atoms with Crippen LogP contribution in [0.2, 0.25) is 0 Å². The minimum absolute atomic E-state index is 0.104. The number of rotatable bonds is 4. The first-order valence-corrected chi connectivity index (χ1v) is 8.78. The van der Waals surface area contributed by atoms with Gasteiger partial charge in [-0.3, -0.25) is 9.59 Å². The second-order valence-electron chi connectivity index (χ2n) is 7.68. The van der Waals surface area contributed by atoms with E-state index in [4.69, 9.17) is 0 Å². The first-order valence-electron chi connectivity index (χ1n) is 8.78. The molecule has 116 valence electrons. The minimum Gasteiger partial charge on any atom is -0.343 e. The molecule has 21 heavy (non-hydrogen) atoms. The molecule has 3 saturated carbocycles. The monoisotopic (exact) mass is 290 g/mol. The lowest BCUT2D eigenvalue weighted by atomic mass is 9.87. The molecule has 5 unspecified atom stereocenters. The summed E-state index contributed by atoms with van der Waals surface area (Å²) < 4.78 is 0. The highest BCUT2D eigenvalue weighted by molar-refractivity contribution is 5.97. The smallest absolute Gasteiger partial charge is 0.245 e. The van der Waals surface area contributed by atoms with Crippen molar-refractivity contribution >= 4 is 11.8 Å². The number of hydrogen-bond donors (Lipinski definition) is 1. The standard InChI is InChI=1S/C17H26N2O2/c1-2-14-17(21)19(15(11-5-6-11)16(20)18-14)9-13-8-10-3-4-12(13)7-10/h10-15H,2-9H2,1H3,(H,18,20). The third-order valence-corrected chi connectivity index (χ3v) is 6.29. The Morgan fingerprint density at radius 1 is 1.10 bits per heavy atom. The summed E-state index contributed by atoms with van der Waals surface area (Å²) in [4.78, 5) is 27.2. The van der Waals surface area contributed by atoms with Gasteiger partial charge in [-0.05, 0) is 62.2 Å². The molecule has 4 rings (SSSR count). The molecule has 0 radical (unpaired) electrons.